The molecule has 10 heteroatoms. The Morgan fingerprint density at radius 3 is 2.19 bits per heavy atom. The van der Waals surface area contributed by atoms with Crippen LogP contribution in [0, 0.1) is 12.7 Å². The molecule has 0 unspecified atom stereocenters. The van der Waals surface area contributed by atoms with Crippen LogP contribution in [0.1, 0.15) is 48.8 Å². The van der Waals surface area contributed by atoms with E-state index in [1.807, 2.05) is 61.5 Å². The molecule has 0 heterocycles. The summed E-state index contributed by atoms with van der Waals surface area (Å²) in [5.74, 6) is -1.60. The molecule has 1 atom stereocenters. The van der Waals surface area contributed by atoms with E-state index < -0.39 is 34.3 Å². The van der Waals surface area contributed by atoms with E-state index in [0.29, 0.717) is 0 Å². The Morgan fingerprint density at radius 1 is 0.894 bits per heavy atom. The molecule has 0 aliphatic heterocycles. The predicted octanol–water partition coefficient (Wildman–Crippen LogP) is 7.07. The van der Waals surface area contributed by atoms with Crippen LogP contribution in [-0.2, 0) is 32.6 Å². The maximum absolute atomic E-state index is 14.6. The van der Waals surface area contributed by atoms with Gasteiger partial charge in [0.25, 0.3) is 10.0 Å². The molecule has 0 saturated heterocycles. The third-order valence-corrected chi connectivity index (χ3v) is 10.7. The number of carbonyl (C=O) groups is 2. The lowest BCUT2D eigenvalue weighted by molar-refractivity contribution is -0.140. The molecule has 1 fully saturated rings. The number of hydrogen-bond donors (Lipinski definition) is 1. The van der Waals surface area contributed by atoms with Crippen LogP contribution in [0.25, 0.3) is 0 Å². The number of nitrogens with one attached hydrogen (secondary N) is 1. The maximum atomic E-state index is 14.6. The van der Waals surface area contributed by atoms with Gasteiger partial charge in [-0.05, 0) is 66.8 Å². The van der Waals surface area contributed by atoms with Gasteiger partial charge in [-0.1, -0.05) is 104 Å². The average Bonchev–Trinajstić information content (AvgIpc) is 3.08. The Balaban J connectivity index is 1.58. The van der Waals surface area contributed by atoms with Gasteiger partial charge in [0.15, 0.2) is 0 Å². The van der Waals surface area contributed by atoms with E-state index in [-0.39, 0.29) is 40.5 Å². The summed E-state index contributed by atoms with van der Waals surface area (Å²) in [6.07, 6.45) is 5.12. The summed E-state index contributed by atoms with van der Waals surface area (Å²) < 4.78 is 43.3. The number of hydrogen-bond acceptors (Lipinski definition) is 4. The fraction of sp³-hybridized carbons (Fsp3) is 0.297. The number of anilines is 1. The fourth-order valence-electron chi connectivity index (χ4n) is 5.96. The zero-order valence-corrected chi connectivity index (χ0v) is 27.9. The second-order valence-electron chi connectivity index (χ2n) is 11.9. The van der Waals surface area contributed by atoms with Crippen molar-refractivity contribution in [3.05, 3.63) is 131 Å². The molecular weight excluding hydrogens is 637 g/mol. The van der Waals surface area contributed by atoms with Gasteiger partial charge in [0.2, 0.25) is 11.8 Å². The molecule has 0 aromatic heterocycles. The quantitative estimate of drug-likeness (QED) is 0.174. The van der Waals surface area contributed by atoms with Crippen molar-refractivity contribution in [3.63, 3.8) is 0 Å². The molecule has 1 N–H and O–H groups in total. The number of sulfonamides is 1. The zero-order chi connectivity index (χ0) is 33.4. The van der Waals surface area contributed by atoms with Crippen LogP contribution in [0.4, 0.5) is 10.1 Å². The van der Waals surface area contributed by atoms with Crippen molar-refractivity contribution in [3.8, 4) is 0 Å². The minimum absolute atomic E-state index is 0.00116. The Bertz CT molecular complexity index is 1780. The number of carbonyl (C=O) groups excluding carboxylic acids is 2. The van der Waals surface area contributed by atoms with Crippen LogP contribution in [0.2, 0.25) is 5.02 Å². The molecule has 0 radical (unpaired) electrons. The van der Waals surface area contributed by atoms with Gasteiger partial charge >= 0.3 is 0 Å². The number of nitrogens with zero attached hydrogens (tertiary/aromatic N) is 2. The van der Waals surface area contributed by atoms with E-state index in [9.17, 15) is 22.4 Å². The highest BCUT2D eigenvalue weighted by molar-refractivity contribution is 7.92. The normalized spacial score (nSPS) is 14.3. The highest BCUT2D eigenvalue weighted by atomic mass is 35.5. The minimum atomic E-state index is -4.32. The number of benzene rings is 4. The van der Waals surface area contributed by atoms with Gasteiger partial charge in [-0.25, -0.2) is 12.8 Å². The van der Waals surface area contributed by atoms with Gasteiger partial charge in [0.05, 0.1) is 15.6 Å². The predicted molar refractivity (Wildman–Crippen MR) is 183 cm³/mol. The summed E-state index contributed by atoms with van der Waals surface area (Å²) in [6.45, 7) is 1.36. The van der Waals surface area contributed by atoms with Crippen molar-refractivity contribution in [1.29, 1.82) is 0 Å². The van der Waals surface area contributed by atoms with Crippen molar-refractivity contribution in [1.82, 2.24) is 10.2 Å². The van der Waals surface area contributed by atoms with E-state index >= 15 is 0 Å². The minimum Gasteiger partial charge on any atom is -0.352 e. The van der Waals surface area contributed by atoms with Crippen LogP contribution in [-0.4, -0.2) is 43.8 Å². The molecular formula is C37H39ClFN3O4S. The Hall–Kier alpha value is -4.21. The van der Waals surface area contributed by atoms with Gasteiger partial charge in [0.1, 0.15) is 18.4 Å². The Labute approximate surface area is 281 Å². The first-order chi connectivity index (χ1) is 22.6. The first kappa shape index (κ1) is 34.1. The van der Waals surface area contributed by atoms with E-state index in [2.05, 4.69) is 5.32 Å². The van der Waals surface area contributed by atoms with E-state index in [1.54, 1.807) is 18.2 Å². The number of amides is 2. The second kappa shape index (κ2) is 15.6. The average molecular weight is 676 g/mol. The third kappa shape index (κ3) is 8.58. The molecule has 1 saturated carbocycles. The Morgan fingerprint density at radius 2 is 1.53 bits per heavy atom. The molecule has 0 spiro atoms. The SMILES string of the molecule is Cc1ccccc1CN(C(=O)CN(c1ccc(F)c(Cl)c1)S(=O)(=O)c1ccccc1)[C@@H](Cc1ccccc1)C(=O)NC1CCCCC1. The summed E-state index contributed by atoms with van der Waals surface area (Å²) in [5.41, 5.74) is 2.64. The highest BCUT2D eigenvalue weighted by Crippen LogP contribution is 2.29. The van der Waals surface area contributed by atoms with Crippen LogP contribution < -0.4 is 9.62 Å². The topological polar surface area (TPSA) is 86.8 Å². The van der Waals surface area contributed by atoms with E-state index in [1.165, 1.54) is 29.2 Å². The van der Waals surface area contributed by atoms with Crippen molar-refractivity contribution in [2.45, 2.75) is 69.0 Å². The number of aryl methyl sites for hydroxylation is 1. The van der Waals surface area contributed by atoms with Crippen LogP contribution in [0.5, 0.6) is 0 Å². The standard InChI is InChI=1S/C37H39ClFN3O4S/c1-27-13-11-12-16-29(27)25-41(35(23-28-14-5-2-6-15-28)37(44)40-30-17-7-3-8-18-30)36(43)26-42(31-21-22-34(39)33(38)24-31)47(45,46)32-19-9-4-10-20-32/h2,4-6,9-16,19-22,24,30,35H,3,7-8,17-18,23,25-26H2,1H3,(H,40,44)/t35-/m0/s1. The summed E-state index contributed by atoms with van der Waals surface area (Å²) in [5, 5.41) is 2.92. The summed E-state index contributed by atoms with van der Waals surface area (Å²) in [6, 6.07) is 27.4. The largest absolute Gasteiger partial charge is 0.352 e. The molecule has 0 bridgehead atoms. The van der Waals surface area contributed by atoms with Gasteiger partial charge in [-0.3, -0.25) is 13.9 Å². The molecule has 1 aliphatic rings. The van der Waals surface area contributed by atoms with Gasteiger partial charge in [-0.15, -0.1) is 0 Å². The first-order valence-corrected chi connectivity index (χ1v) is 17.7. The number of halogens is 2. The maximum Gasteiger partial charge on any atom is 0.264 e. The summed E-state index contributed by atoms with van der Waals surface area (Å²) in [7, 11) is -4.32. The third-order valence-electron chi connectivity index (χ3n) is 8.63. The van der Waals surface area contributed by atoms with Gasteiger partial charge in [-0.2, -0.15) is 0 Å². The summed E-state index contributed by atoms with van der Waals surface area (Å²) >= 11 is 6.11. The molecule has 4 aromatic rings. The zero-order valence-electron chi connectivity index (χ0n) is 26.3. The molecule has 2 amide bonds. The van der Waals surface area contributed by atoms with Crippen LogP contribution in [0.3, 0.4) is 0 Å². The smallest absolute Gasteiger partial charge is 0.264 e. The molecule has 4 aromatic carbocycles. The lowest BCUT2D eigenvalue weighted by atomic mass is 9.94. The van der Waals surface area contributed by atoms with Crippen molar-refractivity contribution in [2.24, 2.45) is 0 Å². The first-order valence-electron chi connectivity index (χ1n) is 15.8. The Kier molecular flexibility index (Phi) is 11.3. The van der Waals surface area contributed by atoms with E-state index in [0.717, 1.165) is 59.2 Å². The lowest BCUT2D eigenvalue weighted by Crippen LogP contribution is -2.55. The lowest BCUT2D eigenvalue weighted by Gasteiger charge is -2.35. The highest BCUT2D eigenvalue weighted by Gasteiger charge is 2.35. The second-order valence-corrected chi connectivity index (χ2v) is 14.2. The van der Waals surface area contributed by atoms with Crippen molar-refractivity contribution >= 4 is 39.1 Å². The number of rotatable bonds is 12. The fourth-order valence-corrected chi connectivity index (χ4v) is 7.56. The van der Waals surface area contributed by atoms with Gasteiger partial charge < -0.3 is 10.2 Å². The molecule has 7 nitrogen and oxygen atoms in total. The van der Waals surface area contributed by atoms with Gasteiger partial charge in [0, 0.05) is 19.0 Å². The molecule has 5 rings (SSSR count). The summed E-state index contributed by atoms with van der Waals surface area (Å²) in [4.78, 5) is 30.3. The van der Waals surface area contributed by atoms with Crippen LogP contribution >= 0.6 is 11.6 Å². The molecule has 47 heavy (non-hydrogen) atoms. The monoisotopic (exact) mass is 675 g/mol. The molecule has 246 valence electrons. The van der Waals surface area contributed by atoms with Crippen molar-refractivity contribution < 1.29 is 22.4 Å². The van der Waals surface area contributed by atoms with E-state index in [4.69, 9.17) is 11.6 Å². The molecule has 1 aliphatic carbocycles. The van der Waals surface area contributed by atoms with Crippen molar-refractivity contribution in [2.75, 3.05) is 10.8 Å². The van der Waals surface area contributed by atoms with Crippen LogP contribution in [0.15, 0.2) is 108 Å².